The van der Waals surface area contributed by atoms with Gasteiger partial charge in [0.25, 0.3) is 5.91 Å². The summed E-state index contributed by atoms with van der Waals surface area (Å²) >= 11 is 13.8. The molecule has 0 spiro atoms. The summed E-state index contributed by atoms with van der Waals surface area (Å²) in [7, 11) is 3.86. The number of ether oxygens (including phenoxy) is 1. The minimum Gasteiger partial charge on any atom is -0.494 e. The molecule has 3 aromatic heterocycles. The summed E-state index contributed by atoms with van der Waals surface area (Å²) in [4.78, 5) is 28.9. The van der Waals surface area contributed by atoms with Crippen LogP contribution in [-0.4, -0.2) is 48.0 Å². The van der Waals surface area contributed by atoms with E-state index in [1.54, 1.807) is 23.1 Å². The molecule has 3 aromatic carbocycles. The molecular weight excluding hydrogens is 685 g/mol. The van der Waals surface area contributed by atoms with Gasteiger partial charge in [0.2, 0.25) is 0 Å². The minimum absolute atomic E-state index is 0.144. The van der Waals surface area contributed by atoms with Gasteiger partial charge >= 0.3 is 5.97 Å². The molecule has 9 nitrogen and oxygen atoms in total. The van der Waals surface area contributed by atoms with E-state index in [1.807, 2.05) is 76.2 Å². The molecule has 1 unspecified atom stereocenters. The van der Waals surface area contributed by atoms with Crippen molar-refractivity contribution in [3.8, 4) is 16.9 Å². The number of carbonyl (C=O) groups is 2. The lowest BCUT2D eigenvalue weighted by atomic mass is 9.98. The molecule has 0 saturated carbocycles. The van der Waals surface area contributed by atoms with Crippen molar-refractivity contribution in [2.45, 2.75) is 65.9 Å². The molecule has 264 valence electrons. The Morgan fingerprint density at radius 2 is 1.69 bits per heavy atom. The van der Waals surface area contributed by atoms with Crippen LogP contribution in [0, 0.1) is 34.6 Å². The number of carbonyl (C=O) groups excluding carboxylic acids is 1. The fraction of sp³-hybridized carbons (Fsp3) is 0.325. The Bertz CT molecular complexity index is 2400. The molecule has 6 aromatic rings. The average Bonchev–Trinajstić information content (AvgIpc) is 3.66. The van der Waals surface area contributed by atoms with E-state index in [1.165, 1.54) is 0 Å². The van der Waals surface area contributed by atoms with Gasteiger partial charge in [0.05, 0.1) is 40.6 Å². The van der Waals surface area contributed by atoms with Gasteiger partial charge in [0.15, 0.2) is 0 Å². The molecule has 0 fully saturated rings. The average molecular weight is 727 g/mol. The first-order valence-corrected chi connectivity index (χ1v) is 17.9. The van der Waals surface area contributed by atoms with Crippen molar-refractivity contribution in [2.75, 3.05) is 11.5 Å². The Morgan fingerprint density at radius 3 is 2.33 bits per heavy atom. The van der Waals surface area contributed by atoms with E-state index in [4.69, 9.17) is 33.0 Å². The zero-order valence-corrected chi connectivity index (χ0v) is 31.6. The Hall–Kier alpha value is -4.73. The highest BCUT2D eigenvalue weighted by Gasteiger charge is 2.43. The molecule has 0 bridgehead atoms. The zero-order valence-electron chi connectivity index (χ0n) is 30.1. The largest absolute Gasteiger partial charge is 0.494 e. The van der Waals surface area contributed by atoms with E-state index in [0.717, 1.165) is 72.1 Å². The Labute approximate surface area is 306 Å². The molecule has 0 saturated heterocycles. The summed E-state index contributed by atoms with van der Waals surface area (Å²) in [6, 6.07) is 14.8. The maximum atomic E-state index is 15.2. The number of carboxylic acid groups (broad SMARTS) is 1. The highest BCUT2D eigenvalue weighted by molar-refractivity contribution is 6.32. The van der Waals surface area contributed by atoms with Crippen LogP contribution < -0.4 is 9.64 Å². The van der Waals surface area contributed by atoms with Gasteiger partial charge in [-0.3, -0.25) is 14.4 Å². The number of rotatable bonds is 8. The van der Waals surface area contributed by atoms with Crippen molar-refractivity contribution in [1.82, 2.24) is 18.9 Å². The van der Waals surface area contributed by atoms with Crippen molar-refractivity contribution in [3.63, 3.8) is 0 Å². The van der Waals surface area contributed by atoms with Gasteiger partial charge in [0, 0.05) is 52.4 Å². The standard InChI is InChI=1S/C40H41Cl2N5O4/c1-20-17-27(18-21(2)34(20)41)51-16-10-13-29-28-11-9-12-30(33-22(3)43-45(8)23(33)4)36(28)46-25(6)38(42)47(39(48)37(29)46)35-24(5)44(7)32-15-14-26(40(49)50)19-31(32)35/h9,11-12,14-15,17-19,25,38H,10,13,16H2,1-8H3,(H,49,50)/t25-,38?/m1/s1. The number of alkyl halides is 1. The van der Waals surface area contributed by atoms with E-state index in [9.17, 15) is 9.90 Å². The monoisotopic (exact) mass is 725 g/mol. The molecule has 0 aliphatic carbocycles. The van der Waals surface area contributed by atoms with Gasteiger partial charge in [-0.25, -0.2) is 4.79 Å². The number of fused-ring (bicyclic) bond motifs is 4. The van der Waals surface area contributed by atoms with Gasteiger partial charge in [-0.2, -0.15) is 5.10 Å². The number of aromatic carboxylic acids is 1. The Morgan fingerprint density at radius 1 is 0.980 bits per heavy atom. The fourth-order valence-electron chi connectivity index (χ4n) is 7.90. The number of halogens is 2. The summed E-state index contributed by atoms with van der Waals surface area (Å²) in [5.74, 6) is -0.505. The van der Waals surface area contributed by atoms with E-state index < -0.39 is 11.5 Å². The maximum Gasteiger partial charge on any atom is 0.335 e. The van der Waals surface area contributed by atoms with E-state index >= 15 is 4.79 Å². The first-order chi connectivity index (χ1) is 24.2. The molecule has 1 aliphatic rings. The molecule has 4 heterocycles. The number of hydrogen-bond donors (Lipinski definition) is 1. The smallest absolute Gasteiger partial charge is 0.335 e. The fourth-order valence-corrected chi connectivity index (χ4v) is 8.30. The molecular formula is C40H41Cl2N5O4. The second-order valence-electron chi connectivity index (χ2n) is 13.7. The van der Waals surface area contributed by atoms with Crippen LogP contribution in [0.4, 0.5) is 5.69 Å². The number of anilines is 1. The van der Waals surface area contributed by atoms with Crippen LogP contribution in [0.25, 0.3) is 32.9 Å². The van der Waals surface area contributed by atoms with Crippen LogP contribution in [-0.2, 0) is 20.5 Å². The molecule has 1 amide bonds. The predicted octanol–water partition coefficient (Wildman–Crippen LogP) is 9.23. The van der Waals surface area contributed by atoms with Crippen molar-refractivity contribution in [2.24, 2.45) is 14.1 Å². The molecule has 7 rings (SSSR count). The summed E-state index contributed by atoms with van der Waals surface area (Å²) < 4.78 is 12.2. The van der Waals surface area contributed by atoms with Gasteiger partial charge < -0.3 is 19.0 Å². The van der Waals surface area contributed by atoms with Crippen LogP contribution in [0.15, 0.2) is 48.5 Å². The number of aryl methyl sites for hydroxylation is 6. The van der Waals surface area contributed by atoms with Gasteiger partial charge in [0.1, 0.15) is 16.9 Å². The minimum atomic E-state index is -1.04. The van der Waals surface area contributed by atoms with Gasteiger partial charge in [-0.1, -0.05) is 41.4 Å². The quantitative estimate of drug-likeness (QED) is 0.0959. The van der Waals surface area contributed by atoms with E-state index in [2.05, 4.69) is 23.6 Å². The second-order valence-corrected chi connectivity index (χ2v) is 14.5. The number of hydrogen-bond acceptors (Lipinski definition) is 4. The highest BCUT2D eigenvalue weighted by atomic mass is 35.5. The van der Waals surface area contributed by atoms with Crippen molar-refractivity contribution >= 4 is 62.6 Å². The van der Waals surface area contributed by atoms with Gasteiger partial charge in [-0.15, -0.1) is 0 Å². The lowest BCUT2D eigenvalue weighted by molar-refractivity contribution is 0.0696. The number of amides is 1. The van der Waals surface area contributed by atoms with Gasteiger partial charge in [-0.05, 0) is 101 Å². The molecule has 1 N–H and O–H groups in total. The summed E-state index contributed by atoms with van der Waals surface area (Å²) in [6.45, 7) is 12.4. The zero-order chi connectivity index (χ0) is 36.6. The maximum absolute atomic E-state index is 15.2. The first kappa shape index (κ1) is 34.7. The van der Waals surface area contributed by atoms with Crippen LogP contribution in [0.5, 0.6) is 5.75 Å². The van der Waals surface area contributed by atoms with Crippen LogP contribution in [0.1, 0.15) is 74.0 Å². The Kier molecular flexibility index (Phi) is 8.71. The SMILES string of the molecule is Cc1cc(OCCCc2c3n(c4c(-c5c(C)nn(C)c5C)cccc24)[C@H](C)C(Cl)N(c2c(C)n(C)c4ccc(C(=O)O)cc24)C3=O)cc(C)c1Cl. The normalized spacial score (nSPS) is 16.0. The molecule has 51 heavy (non-hydrogen) atoms. The molecule has 1 aliphatic heterocycles. The van der Waals surface area contributed by atoms with Crippen LogP contribution in [0.2, 0.25) is 5.02 Å². The number of carboxylic acids is 1. The van der Waals surface area contributed by atoms with Crippen LogP contribution in [0.3, 0.4) is 0 Å². The second kappa shape index (κ2) is 12.8. The van der Waals surface area contributed by atoms with Crippen molar-refractivity contribution in [1.29, 1.82) is 0 Å². The van der Waals surface area contributed by atoms with Crippen LogP contribution >= 0.6 is 23.2 Å². The molecule has 2 atom stereocenters. The highest BCUT2D eigenvalue weighted by Crippen LogP contribution is 2.46. The third-order valence-electron chi connectivity index (χ3n) is 10.6. The third kappa shape index (κ3) is 5.40. The molecule has 0 radical (unpaired) electrons. The Balaban J connectivity index is 1.40. The first-order valence-electron chi connectivity index (χ1n) is 17.1. The van der Waals surface area contributed by atoms with Crippen molar-refractivity contribution in [3.05, 3.63) is 98.6 Å². The lowest BCUT2D eigenvalue weighted by Gasteiger charge is -2.38. The molecule has 11 heteroatoms. The lowest BCUT2D eigenvalue weighted by Crippen LogP contribution is -2.48. The topological polar surface area (TPSA) is 94.5 Å². The summed E-state index contributed by atoms with van der Waals surface area (Å²) in [5.41, 5.74) is 9.95. The number of para-hydroxylation sites is 1. The number of benzene rings is 3. The van der Waals surface area contributed by atoms with E-state index in [-0.39, 0.29) is 17.5 Å². The number of nitrogens with zero attached hydrogens (tertiary/aromatic N) is 5. The summed E-state index contributed by atoms with van der Waals surface area (Å²) in [6.07, 6.45) is 1.24. The number of aromatic nitrogens is 4. The predicted molar refractivity (Wildman–Crippen MR) is 204 cm³/mol. The third-order valence-corrected chi connectivity index (χ3v) is 11.7. The summed E-state index contributed by atoms with van der Waals surface area (Å²) in [5, 5.41) is 17.0. The van der Waals surface area contributed by atoms with Crippen molar-refractivity contribution < 1.29 is 19.4 Å². The van der Waals surface area contributed by atoms with E-state index in [0.29, 0.717) is 36.2 Å².